The highest BCUT2D eigenvalue weighted by molar-refractivity contribution is 6.07. The normalized spacial score (nSPS) is 13.8. The molecule has 0 aliphatic heterocycles. The molecule has 1 N–H and O–H groups in total. The Hall–Kier alpha value is -1.80. The van der Waals surface area contributed by atoms with E-state index in [0.29, 0.717) is 18.1 Å². The maximum atomic E-state index is 3.51. The highest BCUT2D eigenvalue weighted by Crippen LogP contribution is 2.31. The number of aromatic nitrogens is 1. The Kier molecular flexibility index (Phi) is 3.96. The van der Waals surface area contributed by atoms with Gasteiger partial charge in [0.15, 0.2) is 0 Å². The van der Waals surface area contributed by atoms with Gasteiger partial charge in [-0.05, 0) is 58.4 Å². The molecular formula is C20H26N2. The van der Waals surface area contributed by atoms with E-state index in [2.05, 4.69) is 87.0 Å². The third-order valence-electron chi connectivity index (χ3n) is 4.65. The SMILES string of the molecule is CC(C)N(C(C)C)[C@H](C)c1ccc2[nH]c3ccccc3c2c1. The van der Waals surface area contributed by atoms with Gasteiger partial charge in [-0.2, -0.15) is 0 Å². The van der Waals surface area contributed by atoms with Crippen LogP contribution in [0, 0.1) is 0 Å². The predicted molar refractivity (Wildman–Crippen MR) is 96.3 cm³/mol. The van der Waals surface area contributed by atoms with Crippen LogP contribution in [0.3, 0.4) is 0 Å². The summed E-state index contributed by atoms with van der Waals surface area (Å²) >= 11 is 0. The summed E-state index contributed by atoms with van der Waals surface area (Å²) in [6.07, 6.45) is 0. The van der Waals surface area contributed by atoms with E-state index in [1.165, 1.54) is 27.4 Å². The molecule has 0 spiro atoms. The van der Waals surface area contributed by atoms with Crippen LogP contribution in [0.2, 0.25) is 0 Å². The van der Waals surface area contributed by atoms with Crippen LogP contribution in [-0.2, 0) is 0 Å². The fourth-order valence-electron chi connectivity index (χ4n) is 3.79. The van der Waals surface area contributed by atoms with E-state index < -0.39 is 0 Å². The van der Waals surface area contributed by atoms with Crippen molar-refractivity contribution in [2.75, 3.05) is 0 Å². The number of rotatable bonds is 4. The van der Waals surface area contributed by atoms with E-state index in [0.717, 1.165) is 0 Å². The topological polar surface area (TPSA) is 19.0 Å². The smallest absolute Gasteiger partial charge is 0.0465 e. The zero-order valence-electron chi connectivity index (χ0n) is 14.2. The van der Waals surface area contributed by atoms with E-state index in [-0.39, 0.29) is 0 Å². The maximum absolute atomic E-state index is 3.51. The lowest BCUT2D eigenvalue weighted by atomic mass is 10.0. The number of H-pyrrole nitrogens is 1. The van der Waals surface area contributed by atoms with Gasteiger partial charge in [0.1, 0.15) is 0 Å². The van der Waals surface area contributed by atoms with Crippen molar-refractivity contribution in [3.63, 3.8) is 0 Å². The van der Waals surface area contributed by atoms with Gasteiger partial charge in [0, 0.05) is 39.9 Å². The molecule has 2 aromatic carbocycles. The molecule has 116 valence electrons. The molecule has 0 radical (unpaired) electrons. The second-order valence-corrected chi connectivity index (χ2v) is 6.79. The van der Waals surface area contributed by atoms with Gasteiger partial charge in [-0.1, -0.05) is 24.3 Å². The summed E-state index contributed by atoms with van der Waals surface area (Å²) in [6, 6.07) is 16.9. The van der Waals surface area contributed by atoms with Crippen LogP contribution in [0.25, 0.3) is 21.8 Å². The number of para-hydroxylation sites is 1. The predicted octanol–water partition coefficient (Wildman–Crippen LogP) is 5.50. The molecule has 2 nitrogen and oxygen atoms in total. The van der Waals surface area contributed by atoms with Gasteiger partial charge in [0.05, 0.1) is 0 Å². The zero-order valence-corrected chi connectivity index (χ0v) is 14.2. The minimum Gasteiger partial charge on any atom is -0.355 e. The van der Waals surface area contributed by atoms with Gasteiger partial charge in [0.25, 0.3) is 0 Å². The van der Waals surface area contributed by atoms with E-state index in [9.17, 15) is 0 Å². The van der Waals surface area contributed by atoms with Crippen LogP contribution in [0.15, 0.2) is 42.5 Å². The Labute approximate surface area is 133 Å². The van der Waals surface area contributed by atoms with Crippen molar-refractivity contribution in [3.8, 4) is 0 Å². The molecule has 1 aromatic heterocycles. The molecule has 3 rings (SSSR count). The maximum Gasteiger partial charge on any atom is 0.0465 e. The largest absolute Gasteiger partial charge is 0.355 e. The third kappa shape index (κ3) is 2.52. The van der Waals surface area contributed by atoms with Crippen molar-refractivity contribution in [1.82, 2.24) is 9.88 Å². The molecule has 0 aliphatic carbocycles. The van der Waals surface area contributed by atoms with Crippen molar-refractivity contribution in [2.45, 2.75) is 52.7 Å². The lowest BCUT2D eigenvalue weighted by molar-refractivity contribution is 0.123. The molecule has 0 saturated heterocycles. The molecule has 0 amide bonds. The first-order valence-electron chi connectivity index (χ1n) is 8.27. The van der Waals surface area contributed by atoms with Crippen LogP contribution in [0.5, 0.6) is 0 Å². The standard InChI is InChI=1S/C20H26N2/c1-13(2)22(14(3)4)15(5)16-10-11-20-18(12-16)17-8-6-7-9-19(17)21-20/h6-15,21H,1-5H3/t15-/m1/s1. The van der Waals surface area contributed by atoms with Gasteiger partial charge in [-0.3, -0.25) is 4.90 Å². The summed E-state index contributed by atoms with van der Waals surface area (Å²) in [5.41, 5.74) is 3.82. The van der Waals surface area contributed by atoms with Crippen molar-refractivity contribution in [3.05, 3.63) is 48.0 Å². The van der Waals surface area contributed by atoms with Gasteiger partial charge in [0.2, 0.25) is 0 Å². The van der Waals surface area contributed by atoms with Crippen LogP contribution in [0.4, 0.5) is 0 Å². The van der Waals surface area contributed by atoms with Crippen LogP contribution >= 0.6 is 0 Å². The van der Waals surface area contributed by atoms with E-state index in [1.807, 2.05) is 0 Å². The lowest BCUT2D eigenvalue weighted by Gasteiger charge is -2.36. The fourth-order valence-corrected chi connectivity index (χ4v) is 3.79. The van der Waals surface area contributed by atoms with Crippen molar-refractivity contribution >= 4 is 21.8 Å². The minimum absolute atomic E-state index is 0.415. The number of nitrogens with zero attached hydrogens (tertiary/aromatic N) is 1. The number of nitrogens with one attached hydrogen (secondary N) is 1. The quantitative estimate of drug-likeness (QED) is 0.673. The minimum atomic E-state index is 0.415. The molecule has 0 aliphatic rings. The van der Waals surface area contributed by atoms with Crippen molar-refractivity contribution < 1.29 is 0 Å². The first kappa shape index (κ1) is 15.1. The van der Waals surface area contributed by atoms with Crippen LogP contribution < -0.4 is 0 Å². The summed E-state index contributed by atoms with van der Waals surface area (Å²) < 4.78 is 0. The number of hydrogen-bond acceptors (Lipinski definition) is 1. The Balaban J connectivity index is 2.09. The summed E-state index contributed by atoms with van der Waals surface area (Å²) in [7, 11) is 0. The van der Waals surface area contributed by atoms with Gasteiger partial charge in [-0.25, -0.2) is 0 Å². The first-order valence-corrected chi connectivity index (χ1v) is 8.27. The molecule has 0 saturated carbocycles. The number of benzene rings is 2. The van der Waals surface area contributed by atoms with Gasteiger partial charge < -0.3 is 4.98 Å². The summed E-state index contributed by atoms with van der Waals surface area (Å²) in [5, 5.41) is 2.64. The fraction of sp³-hybridized carbons (Fsp3) is 0.400. The third-order valence-corrected chi connectivity index (χ3v) is 4.65. The zero-order chi connectivity index (χ0) is 15.9. The molecule has 0 fully saturated rings. The highest BCUT2D eigenvalue weighted by atomic mass is 15.2. The molecule has 1 heterocycles. The van der Waals surface area contributed by atoms with Crippen LogP contribution in [0.1, 0.15) is 46.2 Å². The average molecular weight is 294 g/mol. The Morgan fingerprint density at radius 3 is 2.09 bits per heavy atom. The molecule has 3 aromatic rings. The molecule has 0 bridgehead atoms. The van der Waals surface area contributed by atoms with Crippen molar-refractivity contribution in [2.24, 2.45) is 0 Å². The molecule has 1 atom stereocenters. The van der Waals surface area contributed by atoms with Crippen LogP contribution in [-0.4, -0.2) is 22.0 Å². The Morgan fingerprint density at radius 2 is 1.41 bits per heavy atom. The number of hydrogen-bond donors (Lipinski definition) is 1. The summed E-state index contributed by atoms with van der Waals surface area (Å²) in [5.74, 6) is 0. The molecule has 0 unspecified atom stereocenters. The van der Waals surface area contributed by atoms with E-state index in [1.54, 1.807) is 0 Å². The summed E-state index contributed by atoms with van der Waals surface area (Å²) in [6.45, 7) is 11.4. The Morgan fingerprint density at radius 1 is 0.773 bits per heavy atom. The molecular weight excluding hydrogens is 268 g/mol. The lowest BCUT2D eigenvalue weighted by Crippen LogP contribution is -2.38. The molecule has 22 heavy (non-hydrogen) atoms. The monoisotopic (exact) mass is 294 g/mol. The highest BCUT2D eigenvalue weighted by Gasteiger charge is 2.21. The molecule has 2 heteroatoms. The Bertz CT molecular complexity index is 775. The number of fused-ring (bicyclic) bond motifs is 3. The summed E-state index contributed by atoms with van der Waals surface area (Å²) in [4.78, 5) is 6.07. The second-order valence-electron chi connectivity index (χ2n) is 6.79. The number of aromatic amines is 1. The van der Waals surface area contributed by atoms with Gasteiger partial charge >= 0.3 is 0 Å². The first-order chi connectivity index (χ1) is 10.5. The van der Waals surface area contributed by atoms with E-state index >= 15 is 0 Å². The van der Waals surface area contributed by atoms with Gasteiger partial charge in [-0.15, -0.1) is 0 Å². The van der Waals surface area contributed by atoms with E-state index in [4.69, 9.17) is 0 Å². The second kappa shape index (κ2) is 5.77. The van der Waals surface area contributed by atoms with Crippen molar-refractivity contribution in [1.29, 1.82) is 0 Å². The average Bonchev–Trinajstić information content (AvgIpc) is 2.84.